The highest BCUT2D eigenvalue weighted by molar-refractivity contribution is 5.77. The number of nitrogens with one attached hydrogen (secondary N) is 1. The third-order valence-electron chi connectivity index (χ3n) is 3.26. The summed E-state index contributed by atoms with van der Waals surface area (Å²) < 4.78 is 10.8. The van der Waals surface area contributed by atoms with Crippen LogP contribution in [0.2, 0.25) is 0 Å². The Bertz CT molecular complexity index is 568. The van der Waals surface area contributed by atoms with Gasteiger partial charge in [0, 0.05) is 0 Å². The molecule has 132 valence electrons. The summed E-state index contributed by atoms with van der Waals surface area (Å²) in [6.07, 6.45) is -0.731. The number of carbonyl (C=O) groups excluding carboxylic acids is 1. The molecule has 0 aliphatic carbocycles. The standard InChI is InChI=1S/C17H24N2O5/c1-17(2,3)23-16(21)18-13(10-20)14-9-15(19-24-14)22-11-12-7-5-4-6-8-12/h4-8,13-14,20H,9-11H2,1-3H3,(H,18,21)/t13-,14+/m0/s1. The predicted octanol–water partition coefficient (Wildman–Crippen LogP) is 2.19. The summed E-state index contributed by atoms with van der Waals surface area (Å²) in [4.78, 5) is 17.1. The summed E-state index contributed by atoms with van der Waals surface area (Å²) in [5, 5.41) is 16.0. The highest BCUT2D eigenvalue weighted by atomic mass is 16.7. The van der Waals surface area contributed by atoms with Crippen LogP contribution in [0.1, 0.15) is 32.8 Å². The molecule has 7 nitrogen and oxygen atoms in total. The molecule has 2 rings (SSSR count). The first-order chi connectivity index (χ1) is 11.4. The van der Waals surface area contributed by atoms with Crippen LogP contribution in [-0.4, -0.2) is 41.5 Å². The Balaban J connectivity index is 1.80. The zero-order valence-electron chi connectivity index (χ0n) is 14.2. The van der Waals surface area contributed by atoms with E-state index in [2.05, 4.69) is 10.5 Å². The molecule has 0 radical (unpaired) electrons. The van der Waals surface area contributed by atoms with E-state index in [0.717, 1.165) is 5.56 Å². The van der Waals surface area contributed by atoms with Crippen LogP contribution >= 0.6 is 0 Å². The fourth-order valence-corrected chi connectivity index (χ4v) is 2.13. The van der Waals surface area contributed by atoms with Crippen molar-refractivity contribution in [3.63, 3.8) is 0 Å². The topological polar surface area (TPSA) is 89.4 Å². The summed E-state index contributed by atoms with van der Waals surface area (Å²) in [6, 6.07) is 9.08. The first-order valence-electron chi connectivity index (χ1n) is 7.87. The summed E-state index contributed by atoms with van der Waals surface area (Å²) >= 11 is 0. The number of carbonyl (C=O) groups is 1. The number of aliphatic hydroxyl groups is 1. The lowest BCUT2D eigenvalue weighted by Gasteiger charge is -2.24. The summed E-state index contributed by atoms with van der Waals surface area (Å²) in [5.74, 6) is 0.438. The highest BCUT2D eigenvalue weighted by Gasteiger charge is 2.32. The maximum atomic E-state index is 11.8. The molecule has 1 heterocycles. The van der Waals surface area contributed by atoms with Crippen molar-refractivity contribution in [1.29, 1.82) is 0 Å². The second kappa shape index (κ2) is 8.01. The largest absolute Gasteiger partial charge is 0.474 e. The zero-order valence-corrected chi connectivity index (χ0v) is 14.2. The Hall–Kier alpha value is -2.28. The van der Waals surface area contributed by atoms with Gasteiger partial charge < -0.3 is 24.7 Å². The number of hydrogen-bond acceptors (Lipinski definition) is 6. The fourth-order valence-electron chi connectivity index (χ4n) is 2.13. The molecular weight excluding hydrogens is 312 g/mol. The Morgan fingerprint density at radius 1 is 1.42 bits per heavy atom. The van der Waals surface area contributed by atoms with Crippen molar-refractivity contribution in [2.75, 3.05) is 6.61 Å². The molecule has 0 unspecified atom stereocenters. The van der Waals surface area contributed by atoms with Gasteiger partial charge in [0.15, 0.2) is 6.10 Å². The summed E-state index contributed by atoms with van der Waals surface area (Å²) in [6.45, 7) is 5.41. The van der Waals surface area contributed by atoms with Gasteiger partial charge in [-0.15, -0.1) is 0 Å². The van der Waals surface area contributed by atoms with E-state index in [1.54, 1.807) is 20.8 Å². The number of aliphatic hydroxyl groups excluding tert-OH is 1. The van der Waals surface area contributed by atoms with Crippen molar-refractivity contribution in [2.24, 2.45) is 5.16 Å². The lowest BCUT2D eigenvalue weighted by atomic mass is 10.1. The lowest BCUT2D eigenvalue weighted by molar-refractivity contribution is 0.0177. The van der Waals surface area contributed by atoms with Crippen LogP contribution in [0.3, 0.4) is 0 Å². The minimum Gasteiger partial charge on any atom is -0.474 e. The van der Waals surface area contributed by atoms with E-state index in [4.69, 9.17) is 14.3 Å². The van der Waals surface area contributed by atoms with Gasteiger partial charge in [0.05, 0.1) is 19.1 Å². The van der Waals surface area contributed by atoms with Crippen LogP contribution in [0, 0.1) is 0 Å². The monoisotopic (exact) mass is 336 g/mol. The van der Waals surface area contributed by atoms with E-state index in [-0.39, 0.29) is 6.61 Å². The third-order valence-corrected chi connectivity index (χ3v) is 3.26. The van der Waals surface area contributed by atoms with Gasteiger partial charge in [-0.05, 0) is 26.3 Å². The normalized spacial score (nSPS) is 18.3. The molecule has 7 heteroatoms. The number of rotatable bonds is 5. The molecule has 1 aromatic rings. The Kier molecular flexibility index (Phi) is 6.03. The van der Waals surface area contributed by atoms with Crippen molar-refractivity contribution in [3.8, 4) is 0 Å². The van der Waals surface area contributed by atoms with Crippen LogP contribution in [0.4, 0.5) is 4.79 Å². The van der Waals surface area contributed by atoms with Crippen molar-refractivity contribution in [3.05, 3.63) is 35.9 Å². The van der Waals surface area contributed by atoms with Crippen molar-refractivity contribution >= 4 is 12.0 Å². The van der Waals surface area contributed by atoms with Gasteiger partial charge in [-0.3, -0.25) is 0 Å². The number of oxime groups is 1. The molecular formula is C17H24N2O5. The third kappa shape index (κ3) is 5.73. The minimum atomic E-state index is -0.624. The molecule has 1 aliphatic heterocycles. The van der Waals surface area contributed by atoms with Crippen LogP contribution in [0.25, 0.3) is 0 Å². The van der Waals surface area contributed by atoms with Crippen LogP contribution in [-0.2, 0) is 20.9 Å². The fraction of sp³-hybridized carbons (Fsp3) is 0.529. The molecule has 0 fully saturated rings. The summed E-state index contributed by atoms with van der Waals surface area (Å²) in [7, 11) is 0. The first-order valence-corrected chi connectivity index (χ1v) is 7.87. The van der Waals surface area contributed by atoms with E-state index in [9.17, 15) is 9.90 Å². The van der Waals surface area contributed by atoms with E-state index in [1.807, 2.05) is 30.3 Å². The molecule has 2 atom stereocenters. The second-order valence-electron chi connectivity index (χ2n) is 6.54. The maximum Gasteiger partial charge on any atom is 0.408 e. The molecule has 0 saturated heterocycles. The van der Waals surface area contributed by atoms with Gasteiger partial charge in [-0.25, -0.2) is 4.79 Å². The van der Waals surface area contributed by atoms with Gasteiger partial charge in [0.25, 0.3) is 0 Å². The smallest absolute Gasteiger partial charge is 0.408 e. The first kappa shape index (κ1) is 18.1. The van der Waals surface area contributed by atoms with E-state index in [1.165, 1.54) is 0 Å². The number of benzene rings is 1. The molecule has 1 aromatic carbocycles. The van der Waals surface area contributed by atoms with Crippen LogP contribution in [0.5, 0.6) is 0 Å². The average Bonchev–Trinajstić information content (AvgIpc) is 2.98. The number of ether oxygens (including phenoxy) is 2. The second-order valence-corrected chi connectivity index (χ2v) is 6.54. The molecule has 0 bridgehead atoms. The quantitative estimate of drug-likeness (QED) is 0.860. The molecule has 24 heavy (non-hydrogen) atoms. The van der Waals surface area contributed by atoms with E-state index in [0.29, 0.717) is 18.9 Å². The molecule has 1 amide bonds. The van der Waals surface area contributed by atoms with Crippen LogP contribution in [0.15, 0.2) is 35.5 Å². The van der Waals surface area contributed by atoms with E-state index < -0.39 is 23.8 Å². The number of alkyl carbamates (subject to hydrolysis) is 1. The number of hydrogen-bond donors (Lipinski definition) is 2. The van der Waals surface area contributed by atoms with Gasteiger partial charge in [-0.1, -0.05) is 35.5 Å². The van der Waals surface area contributed by atoms with Gasteiger partial charge >= 0.3 is 6.09 Å². The van der Waals surface area contributed by atoms with E-state index >= 15 is 0 Å². The van der Waals surface area contributed by atoms with Crippen molar-refractivity contribution < 1.29 is 24.2 Å². The maximum absolute atomic E-state index is 11.8. The lowest BCUT2D eigenvalue weighted by Crippen LogP contribution is -2.47. The van der Waals surface area contributed by atoms with Crippen LogP contribution < -0.4 is 5.32 Å². The molecule has 1 aliphatic rings. The van der Waals surface area contributed by atoms with Gasteiger partial charge in [0.2, 0.25) is 5.90 Å². The molecule has 2 N–H and O–H groups in total. The number of amides is 1. The van der Waals surface area contributed by atoms with Crippen molar-refractivity contribution in [2.45, 2.75) is 51.5 Å². The predicted molar refractivity (Wildman–Crippen MR) is 88.4 cm³/mol. The Labute approximate surface area is 141 Å². The molecule has 0 spiro atoms. The highest BCUT2D eigenvalue weighted by Crippen LogP contribution is 2.17. The Morgan fingerprint density at radius 2 is 2.12 bits per heavy atom. The van der Waals surface area contributed by atoms with Gasteiger partial charge in [-0.2, -0.15) is 0 Å². The molecule has 0 saturated carbocycles. The minimum absolute atomic E-state index is 0.286. The zero-order chi connectivity index (χ0) is 17.6. The van der Waals surface area contributed by atoms with Gasteiger partial charge in [0.1, 0.15) is 12.2 Å². The SMILES string of the molecule is CC(C)(C)OC(=O)N[C@@H](CO)[C@H]1CC(OCc2ccccc2)=NO1. The Morgan fingerprint density at radius 3 is 2.75 bits per heavy atom. The number of nitrogens with zero attached hydrogens (tertiary/aromatic N) is 1. The van der Waals surface area contributed by atoms with Crippen molar-refractivity contribution in [1.82, 2.24) is 5.32 Å². The summed E-state index contributed by atoms with van der Waals surface area (Å²) in [5.41, 5.74) is 0.412. The molecule has 0 aromatic heterocycles. The average molecular weight is 336 g/mol.